The number of aryl methyl sites for hydroxylation is 2. The number of sulfonamides is 1. The quantitative estimate of drug-likeness (QED) is 0.935. The largest absolute Gasteiger partial charge is 0.316 e. The Morgan fingerprint density at radius 2 is 1.52 bits per heavy atom. The number of carbonyl (C=O) groups excluding carboxylic acids is 1. The highest BCUT2D eigenvalue weighted by atomic mass is 32.2. The second kappa shape index (κ2) is 6.42. The van der Waals surface area contributed by atoms with E-state index in [0.717, 1.165) is 11.1 Å². The fourth-order valence-electron chi connectivity index (χ4n) is 2.20. The van der Waals surface area contributed by atoms with Crippen molar-refractivity contribution in [2.75, 3.05) is 16.7 Å². The first-order chi connectivity index (χ1) is 10.7. The van der Waals surface area contributed by atoms with Gasteiger partial charge in [0.15, 0.2) is 0 Å². The molecule has 0 saturated heterocycles. The lowest BCUT2D eigenvalue weighted by molar-refractivity contribution is -0.116. The fraction of sp³-hybridized carbons (Fsp3) is 0.235. The Labute approximate surface area is 137 Å². The van der Waals surface area contributed by atoms with Crippen molar-refractivity contribution in [2.24, 2.45) is 0 Å². The van der Waals surface area contributed by atoms with E-state index in [1.165, 1.54) is 24.0 Å². The first-order valence-corrected chi connectivity index (χ1v) is 8.64. The Morgan fingerprint density at radius 3 is 2.00 bits per heavy atom. The molecule has 122 valence electrons. The molecule has 0 atom stereocenters. The van der Waals surface area contributed by atoms with Gasteiger partial charge in [0.1, 0.15) is 0 Å². The minimum absolute atomic E-state index is 0.116. The molecule has 0 aromatic heterocycles. The van der Waals surface area contributed by atoms with Crippen LogP contribution in [0.5, 0.6) is 0 Å². The summed E-state index contributed by atoms with van der Waals surface area (Å²) in [7, 11) is -2.03. The van der Waals surface area contributed by atoms with Crippen LogP contribution >= 0.6 is 0 Å². The summed E-state index contributed by atoms with van der Waals surface area (Å²) in [5.41, 5.74) is 2.96. The SMILES string of the molecule is CC(=O)N(C)c1ccc(S(=O)(=O)Nc2c(C)cccc2C)cc1. The van der Waals surface area contributed by atoms with Gasteiger partial charge in [0.2, 0.25) is 5.91 Å². The van der Waals surface area contributed by atoms with Crippen molar-refractivity contribution in [2.45, 2.75) is 25.7 Å². The summed E-state index contributed by atoms with van der Waals surface area (Å²) in [6, 6.07) is 11.8. The van der Waals surface area contributed by atoms with Crippen LogP contribution in [-0.2, 0) is 14.8 Å². The Kier molecular flexibility index (Phi) is 4.75. The summed E-state index contributed by atoms with van der Waals surface area (Å²) in [5.74, 6) is -0.116. The lowest BCUT2D eigenvalue weighted by Crippen LogP contribution is -2.22. The molecule has 0 aliphatic heterocycles. The molecule has 2 aromatic rings. The summed E-state index contributed by atoms with van der Waals surface area (Å²) in [4.78, 5) is 12.9. The van der Waals surface area contributed by atoms with E-state index < -0.39 is 10.0 Å². The molecule has 0 saturated carbocycles. The highest BCUT2D eigenvalue weighted by Crippen LogP contribution is 2.24. The van der Waals surface area contributed by atoms with Crippen molar-refractivity contribution < 1.29 is 13.2 Å². The van der Waals surface area contributed by atoms with Gasteiger partial charge in [-0.25, -0.2) is 8.42 Å². The van der Waals surface area contributed by atoms with Crippen LogP contribution in [0.3, 0.4) is 0 Å². The highest BCUT2D eigenvalue weighted by Gasteiger charge is 2.17. The molecule has 23 heavy (non-hydrogen) atoms. The summed E-state index contributed by atoms with van der Waals surface area (Å²) in [5, 5.41) is 0. The molecule has 0 bridgehead atoms. The average Bonchev–Trinajstić information content (AvgIpc) is 2.50. The number of anilines is 2. The predicted octanol–water partition coefficient (Wildman–Crippen LogP) is 3.09. The monoisotopic (exact) mass is 332 g/mol. The maximum absolute atomic E-state index is 12.5. The molecule has 1 amide bonds. The normalized spacial score (nSPS) is 11.1. The molecule has 2 aromatic carbocycles. The average molecular weight is 332 g/mol. The molecule has 0 spiro atoms. The Balaban J connectivity index is 2.32. The maximum atomic E-state index is 12.5. The zero-order chi connectivity index (χ0) is 17.2. The number of benzene rings is 2. The Hall–Kier alpha value is -2.34. The van der Waals surface area contributed by atoms with Gasteiger partial charge in [0.05, 0.1) is 10.6 Å². The number of hydrogen-bond acceptors (Lipinski definition) is 3. The van der Waals surface area contributed by atoms with Gasteiger partial charge in [-0.05, 0) is 49.2 Å². The van der Waals surface area contributed by atoms with Crippen molar-refractivity contribution in [3.8, 4) is 0 Å². The third kappa shape index (κ3) is 3.71. The summed E-state index contributed by atoms with van der Waals surface area (Å²) >= 11 is 0. The van der Waals surface area contributed by atoms with E-state index in [-0.39, 0.29) is 10.8 Å². The van der Waals surface area contributed by atoms with Crippen molar-refractivity contribution in [3.05, 3.63) is 53.6 Å². The molecular formula is C17H20N2O3S. The molecule has 0 heterocycles. The number of para-hydroxylation sites is 1. The molecule has 2 rings (SSSR count). The molecule has 0 radical (unpaired) electrons. The number of carbonyl (C=O) groups is 1. The topological polar surface area (TPSA) is 66.5 Å². The number of nitrogens with zero attached hydrogens (tertiary/aromatic N) is 1. The van der Waals surface area contributed by atoms with Gasteiger partial charge in [-0.2, -0.15) is 0 Å². The highest BCUT2D eigenvalue weighted by molar-refractivity contribution is 7.92. The van der Waals surface area contributed by atoms with Crippen molar-refractivity contribution in [1.82, 2.24) is 0 Å². The van der Waals surface area contributed by atoms with Gasteiger partial charge in [-0.3, -0.25) is 9.52 Å². The van der Waals surface area contributed by atoms with E-state index in [1.807, 2.05) is 32.0 Å². The predicted molar refractivity (Wildman–Crippen MR) is 92.3 cm³/mol. The number of nitrogens with one attached hydrogen (secondary N) is 1. The summed E-state index contributed by atoms with van der Waals surface area (Å²) < 4.78 is 27.7. The zero-order valence-electron chi connectivity index (χ0n) is 13.6. The first kappa shape index (κ1) is 17.0. The minimum atomic E-state index is -3.67. The third-order valence-corrected chi connectivity index (χ3v) is 5.09. The first-order valence-electron chi connectivity index (χ1n) is 7.16. The van der Waals surface area contributed by atoms with Crippen LogP contribution in [0.15, 0.2) is 47.4 Å². The number of amides is 1. The molecule has 6 heteroatoms. The van der Waals surface area contributed by atoms with E-state index in [1.54, 1.807) is 19.2 Å². The van der Waals surface area contributed by atoms with Crippen LogP contribution in [0.4, 0.5) is 11.4 Å². The molecule has 1 N–H and O–H groups in total. The lowest BCUT2D eigenvalue weighted by Gasteiger charge is -2.16. The zero-order valence-corrected chi connectivity index (χ0v) is 14.4. The van der Waals surface area contributed by atoms with E-state index >= 15 is 0 Å². The van der Waals surface area contributed by atoms with E-state index in [9.17, 15) is 13.2 Å². The fourth-order valence-corrected chi connectivity index (χ4v) is 3.40. The summed E-state index contributed by atoms with van der Waals surface area (Å²) in [6.07, 6.45) is 0. The van der Waals surface area contributed by atoms with Gasteiger partial charge in [-0.15, -0.1) is 0 Å². The standard InChI is InChI=1S/C17H20N2O3S/c1-12-6-5-7-13(2)17(12)18-23(21,22)16-10-8-15(9-11-16)19(4)14(3)20/h5-11,18H,1-4H3. The molecule has 0 aliphatic carbocycles. The molecule has 5 nitrogen and oxygen atoms in total. The maximum Gasteiger partial charge on any atom is 0.261 e. The van der Waals surface area contributed by atoms with E-state index in [0.29, 0.717) is 11.4 Å². The van der Waals surface area contributed by atoms with Crippen molar-refractivity contribution >= 4 is 27.3 Å². The molecule has 0 unspecified atom stereocenters. The Morgan fingerprint density at radius 1 is 1.00 bits per heavy atom. The second-order valence-corrected chi connectivity index (χ2v) is 7.13. The van der Waals surface area contributed by atoms with Crippen LogP contribution in [-0.4, -0.2) is 21.4 Å². The lowest BCUT2D eigenvalue weighted by atomic mass is 10.1. The van der Waals surface area contributed by atoms with Gasteiger partial charge in [0.25, 0.3) is 10.0 Å². The van der Waals surface area contributed by atoms with Crippen LogP contribution in [0.2, 0.25) is 0 Å². The van der Waals surface area contributed by atoms with Crippen LogP contribution in [0.25, 0.3) is 0 Å². The van der Waals surface area contributed by atoms with Gasteiger partial charge in [0, 0.05) is 19.7 Å². The third-order valence-electron chi connectivity index (χ3n) is 3.72. The van der Waals surface area contributed by atoms with Gasteiger partial charge in [-0.1, -0.05) is 18.2 Å². The summed E-state index contributed by atoms with van der Waals surface area (Å²) in [6.45, 7) is 5.17. The second-order valence-electron chi connectivity index (χ2n) is 5.44. The number of hydrogen-bond donors (Lipinski definition) is 1. The van der Waals surface area contributed by atoms with E-state index in [2.05, 4.69) is 4.72 Å². The van der Waals surface area contributed by atoms with Crippen LogP contribution in [0.1, 0.15) is 18.1 Å². The Bertz CT molecular complexity index is 807. The van der Waals surface area contributed by atoms with Gasteiger partial charge >= 0.3 is 0 Å². The molecule has 0 fully saturated rings. The number of rotatable bonds is 4. The molecule has 0 aliphatic rings. The smallest absolute Gasteiger partial charge is 0.261 e. The van der Waals surface area contributed by atoms with Crippen LogP contribution < -0.4 is 9.62 Å². The van der Waals surface area contributed by atoms with E-state index in [4.69, 9.17) is 0 Å². The molecular weight excluding hydrogens is 312 g/mol. The van der Waals surface area contributed by atoms with Crippen molar-refractivity contribution in [1.29, 1.82) is 0 Å². The van der Waals surface area contributed by atoms with Crippen molar-refractivity contribution in [3.63, 3.8) is 0 Å². The minimum Gasteiger partial charge on any atom is -0.316 e. The van der Waals surface area contributed by atoms with Crippen LogP contribution in [0, 0.1) is 13.8 Å². The van der Waals surface area contributed by atoms with Gasteiger partial charge < -0.3 is 4.90 Å².